The van der Waals surface area contributed by atoms with E-state index in [0.717, 1.165) is 17.3 Å². The fraction of sp³-hybridized carbons (Fsp3) is 0.415. The lowest BCUT2D eigenvalue weighted by Crippen LogP contribution is -2.57. The second kappa shape index (κ2) is 25.7. The molecule has 72 heavy (non-hydrogen) atoms. The number of aromatic nitrogens is 3. The van der Waals surface area contributed by atoms with Crippen LogP contribution >= 0.6 is 11.8 Å². The zero-order chi connectivity index (χ0) is 53.6. The molecule has 1 unspecified atom stereocenters. The molecular formula is C41H54N10O17S4. The smallest absolute Gasteiger partial charge is 0.323 e. The Morgan fingerprint density at radius 1 is 0.847 bits per heavy atom. The Kier molecular flexibility index (Phi) is 20.6. The van der Waals surface area contributed by atoms with Gasteiger partial charge in [-0.3, -0.25) is 42.7 Å². The van der Waals surface area contributed by atoms with Gasteiger partial charge in [-0.2, -0.15) is 33.3 Å². The Morgan fingerprint density at radius 2 is 1.49 bits per heavy atom. The Hall–Kier alpha value is -6.64. The summed E-state index contributed by atoms with van der Waals surface area (Å²) in [5.74, 6) is -8.54. The molecule has 2 heterocycles. The molecule has 0 radical (unpaired) electrons. The summed E-state index contributed by atoms with van der Waals surface area (Å²) < 4.78 is 101. The topological polar surface area (TPSA) is 410 Å². The molecule has 5 amide bonds. The number of hydrogen-bond acceptors (Lipinski definition) is 17. The molecule has 0 saturated carbocycles. The van der Waals surface area contributed by atoms with Gasteiger partial charge < -0.3 is 51.3 Å². The van der Waals surface area contributed by atoms with Gasteiger partial charge in [0.1, 0.15) is 40.9 Å². The highest BCUT2D eigenvalue weighted by Gasteiger charge is 2.33. The molecular weight excluding hydrogens is 1030 g/mol. The highest BCUT2D eigenvalue weighted by atomic mass is 32.2. The Bertz CT molecular complexity index is 3040. The fourth-order valence-electron chi connectivity index (χ4n) is 6.93. The number of imidazole rings is 1. The highest BCUT2D eigenvalue weighted by Crippen LogP contribution is 2.26. The summed E-state index contributed by atoms with van der Waals surface area (Å²) >= 11 is 1.02. The zero-order valence-electron chi connectivity index (χ0n) is 39.0. The van der Waals surface area contributed by atoms with E-state index in [1.165, 1.54) is 38.4 Å². The fourth-order valence-corrected chi connectivity index (χ4v) is 10.2. The molecule has 0 bridgehead atoms. The molecule has 3 atom stereocenters. The number of fused-ring (bicyclic) bond motifs is 1. The van der Waals surface area contributed by atoms with Gasteiger partial charge in [0.25, 0.3) is 26.1 Å². The predicted molar refractivity (Wildman–Crippen MR) is 261 cm³/mol. The summed E-state index contributed by atoms with van der Waals surface area (Å²) in [4.78, 5) is 95.6. The van der Waals surface area contributed by atoms with Crippen molar-refractivity contribution in [2.24, 2.45) is 7.05 Å². The first kappa shape index (κ1) is 57.9. The number of anilines is 1. The number of aromatic amines is 1. The van der Waals surface area contributed by atoms with Gasteiger partial charge in [-0.15, -0.1) is 0 Å². The Labute approximate surface area is 417 Å². The van der Waals surface area contributed by atoms with Crippen LogP contribution in [0, 0.1) is 13.8 Å². The second-order valence-electron chi connectivity index (χ2n) is 15.9. The van der Waals surface area contributed by atoms with E-state index < -0.39 is 107 Å². The number of carboxylic acids is 1. The van der Waals surface area contributed by atoms with E-state index in [4.69, 9.17) is 4.74 Å². The minimum Gasteiger partial charge on any atom is -0.494 e. The number of aliphatic carboxylic acids is 1. The lowest BCUT2D eigenvalue weighted by atomic mass is 10.1. The van der Waals surface area contributed by atoms with Crippen molar-refractivity contribution in [1.82, 2.24) is 45.8 Å². The van der Waals surface area contributed by atoms with Gasteiger partial charge in [0.15, 0.2) is 5.95 Å². The maximum absolute atomic E-state index is 13.6. The van der Waals surface area contributed by atoms with E-state index in [9.17, 15) is 73.0 Å². The Morgan fingerprint density at radius 3 is 2.08 bits per heavy atom. The molecule has 2 aromatic heterocycles. The molecule has 0 spiro atoms. The van der Waals surface area contributed by atoms with E-state index >= 15 is 0 Å². The first-order chi connectivity index (χ1) is 33.7. The summed E-state index contributed by atoms with van der Waals surface area (Å²) in [6.45, 7) is 1.99. The van der Waals surface area contributed by atoms with Crippen molar-refractivity contribution in [2.75, 3.05) is 55.1 Å². The van der Waals surface area contributed by atoms with Crippen molar-refractivity contribution in [3.05, 3.63) is 81.4 Å². The number of carbonyl (C=O) groups is 6. The van der Waals surface area contributed by atoms with Gasteiger partial charge in [-0.25, -0.2) is 13.4 Å². The molecule has 0 fully saturated rings. The molecule has 0 aliphatic carbocycles. The minimum atomic E-state index is -4.92. The average Bonchev–Trinajstić information content (AvgIpc) is 3.80. The van der Waals surface area contributed by atoms with Crippen LogP contribution in [-0.4, -0.2) is 157 Å². The van der Waals surface area contributed by atoms with Gasteiger partial charge in [-0.05, 0) is 67.5 Å². The van der Waals surface area contributed by atoms with Crippen LogP contribution in [0.1, 0.15) is 39.9 Å². The summed E-state index contributed by atoms with van der Waals surface area (Å²) in [5.41, 5.74) is 0.747. The number of amides is 5. The van der Waals surface area contributed by atoms with Crippen LogP contribution in [0.3, 0.4) is 0 Å². The van der Waals surface area contributed by atoms with Crippen LogP contribution in [-0.2, 0) is 67.8 Å². The number of H-pyrrole nitrogens is 1. The third kappa shape index (κ3) is 17.9. The van der Waals surface area contributed by atoms with Crippen molar-refractivity contribution in [2.45, 2.75) is 56.3 Å². The molecule has 31 heteroatoms. The number of hydrogen-bond donors (Lipinski definition) is 11. The number of nitrogens with one attached hydrogen (secondary N) is 8. The number of pyridine rings is 1. The van der Waals surface area contributed by atoms with Crippen molar-refractivity contribution >= 4 is 94.4 Å². The minimum absolute atomic E-state index is 0.0349. The molecule has 0 aliphatic rings. The zero-order valence-corrected chi connectivity index (χ0v) is 42.3. The molecule has 27 nitrogen and oxygen atoms in total. The second-order valence-corrected chi connectivity index (χ2v) is 21.4. The number of aryl methyl sites for hydroxylation is 3. The van der Waals surface area contributed by atoms with Crippen LogP contribution in [0.2, 0.25) is 0 Å². The number of ether oxygens (including phenoxy) is 1. The van der Waals surface area contributed by atoms with Crippen molar-refractivity contribution in [1.29, 1.82) is 0 Å². The summed E-state index contributed by atoms with van der Waals surface area (Å²) in [7, 11) is -12.7. The van der Waals surface area contributed by atoms with Crippen LogP contribution in [0.4, 0.5) is 5.95 Å². The van der Waals surface area contributed by atoms with Crippen LogP contribution in [0.15, 0.2) is 58.6 Å². The normalized spacial score (nSPS) is 13.0. The lowest BCUT2D eigenvalue weighted by molar-refractivity contribution is -0.138. The van der Waals surface area contributed by atoms with Crippen LogP contribution < -0.4 is 46.8 Å². The van der Waals surface area contributed by atoms with Gasteiger partial charge in [0, 0.05) is 63.6 Å². The number of rotatable bonds is 28. The average molecular weight is 1090 g/mol. The van der Waals surface area contributed by atoms with E-state index in [1.807, 2.05) is 10.6 Å². The number of benzene rings is 2. The summed E-state index contributed by atoms with van der Waals surface area (Å²) in [5, 5.41) is 24.3. The van der Waals surface area contributed by atoms with Gasteiger partial charge >= 0.3 is 5.97 Å². The first-order valence-corrected chi connectivity index (χ1v) is 27.4. The van der Waals surface area contributed by atoms with E-state index in [1.54, 1.807) is 42.2 Å². The monoisotopic (exact) mass is 1090 g/mol. The number of carbonyl (C=O) groups excluding carboxylic acids is 5. The standard InChI is InChI=1S/C41H54N10O17S4/c1-23-14-26(68-13-5-6-33(52)42-9-10-43-38(56)30(21-70(60,61)62)49-39(57)31(22-71(63,64)65)48-34(53)20-69-4)15-24(2)36(23)72(66,67)50-29(40(58)59)18-46-37(55)28-19-51(3)32-16-25(7-8-27(32)35(28)54)17-47-41-44-11-12-45-41/h7-8,11-12,14-16,19,29-31,50H,5-6,9-10,13,17-18,20-22H2,1-4H3,(H,42,52)(H,43,56)(H,46,55)(H,48,53)(H,49,57)(H,58,59)(H2,44,45,47)(H,60,61,62)(H,63,64,65)/t29-,30-,31?/m0/s1. The van der Waals surface area contributed by atoms with Gasteiger partial charge in [0.05, 0.1) is 22.8 Å². The van der Waals surface area contributed by atoms with Crippen molar-refractivity contribution in [3.8, 4) is 5.75 Å². The third-order valence-electron chi connectivity index (χ3n) is 10.1. The number of thioether (sulfide) groups is 1. The van der Waals surface area contributed by atoms with E-state index in [2.05, 4.69) is 36.0 Å². The van der Waals surface area contributed by atoms with Crippen molar-refractivity contribution < 1.29 is 73.0 Å². The lowest BCUT2D eigenvalue weighted by Gasteiger charge is -2.22. The maximum Gasteiger partial charge on any atom is 0.323 e. The van der Waals surface area contributed by atoms with E-state index in [-0.39, 0.29) is 71.0 Å². The maximum atomic E-state index is 13.6. The van der Waals surface area contributed by atoms with E-state index in [0.29, 0.717) is 18.0 Å². The SMILES string of the molecule is CSCC(=O)NC(CS(=O)(=O)O)C(=O)N[C@@H](CS(=O)(=O)O)C(=O)NCCNC(=O)CCCOc1cc(C)c(S(=O)(=O)N[C@@H](CNC(=O)c2cn(C)c3cc(CNc4ncc[nH]4)ccc3c2=O)C(=O)O)c(C)c1. The summed E-state index contributed by atoms with van der Waals surface area (Å²) in [6, 6.07) is 1.99. The van der Waals surface area contributed by atoms with Crippen molar-refractivity contribution in [3.63, 3.8) is 0 Å². The molecule has 4 rings (SSSR count). The molecule has 2 aromatic carbocycles. The molecule has 0 aliphatic heterocycles. The quantitative estimate of drug-likeness (QED) is 0.0220. The Balaban J connectivity index is 1.26. The van der Waals surface area contributed by atoms with Crippen LogP contribution in [0.5, 0.6) is 5.75 Å². The summed E-state index contributed by atoms with van der Waals surface area (Å²) in [6.07, 6.45) is 6.11. The van der Waals surface area contributed by atoms with Gasteiger partial charge in [0.2, 0.25) is 39.1 Å². The number of sulfonamides is 1. The largest absolute Gasteiger partial charge is 0.494 e. The number of nitrogens with zero attached hydrogens (tertiary/aromatic N) is 2. The molecule has 0 saturated heterocycles. The first-order valence-electron chi connectivity index (χ1n) is 21.3. The molecule has 4 aromatic rings. The van der Waals surface area contributed by atoms with Crippen LogP contribution in [0.25, 0.3) is 10.9 Å². The predicted octanol–water partition coefficient (Wildman–Crippen LogP) is -1.85. The van der Waals surface area contributed by atoms with Gasteiger partial charge in [-0.1, -0.05) is 6.07 Å². The third-order valence-corrected chi connectivity index (χ3v) is 13.9. The molecule has 394 valence electrons. The number of carboxylic acid groups (broad SMARTS) is 1. The highest BCUT2D eigenvalue weighted by molar-refractivity contribution is 7.99. The molecule has 11 N–H and O–H groups in total.